The summed E-state index contributed by atoms with van der Waals surface area (Å²) in [5, 5.41) is 7.66. The Kier molecular flexibility index (Phi) is 4.77. The summed E-state index contributed by atoms with van der Waals surface area (Å²) in [6.45, 7) is 2.14. The first kappa shape index (κ1) is 14.3. The van der Waals surface area contributed by atoms with E-state index >= 15 is 0 Å². The van der Waals surface area contributed by atoms with Crippen molar-refractivity contribution in [1.82, 2.24) is 15.1 Å². The molecule has 0 fully saturated rings. The molecule has 0 bridgehead atoms. The van der Waals surface area contributed by atoms with Crippen LogP contribution >= 0.6 is 15.9 Å². The van der Waals surface area contributed by atoms with Crippen LogP contribution in [-0.2, 0) is 13.5 Å². The van der Waals surface area contributed by atoms with Gasteiger partial charge in [-0.2, -0.15) is 5.10 Å². The molecule has 1 unspecified atom stereocenters. The third-order valence-corrected chi connectivity index (χ3v) is 4.03. The Labute approximate surface area is 123 Å². The molecule has 0 radical (unpaired) electrons. The van der Waals surface area contributed by atoms with Gasteiger partial charge in [-0.05, 0) is 48.3 Å². The normalized spacial score (nSPS) is 12.6. The first-order valence-corrected chi connectivity index (χ1v) is 7.31. The molecule has 0 aliphatic heterocycles. The number of aromatic nitrogens is 2. The molecule has 19 heavy (non-hydrogen) atoms. The quantitative estimate of drug-likeness (QED) is 0.914. The van der Waals surface area contributed by atoms with Crippen LogP contribution in [0.15, 0.2) is 34.9 Å². The van der Waals surface area contributed by atoms with Gasteiger partial charge in [0.25, 0.3) is 0 Å². The number of benzene rings is 1. The maximum atomic E-state index is 4.28. The number of hydrogen-bond acceptors (Lipinski definition) is 2. The third kappa shape index (κ3) is 3.45. The number of aryl methyl sites for hydroxylation is 3. The van der Waals surface area contributed by atoms with Gasteiger partial charge in [0, 0.05) is 7.05 Å². The van der Waals surface area contributed by atoms with E-state index in [2.05, 4.69) is 57.5 Å². The maximum Gasteiger partial charge on any atom is 0.0692 e. The van der Waals surface area contributed by atoms with Gasteiger partial charge in [0.15, 0.2) is 0 Å². The van der Waals surface area contributed by atoms with Crippen LogP contribution in [0.1, 0.15) is 29.3 Å². The van der Waals surface area contributed by atoms with Crippen LogP contribution in [0.2, 0.25) is 0 Å². The average molecular weight is 322 g/mol. The second kappa shape index (κ2) is 6.35. The number of nitrogens with zero attached hydrogens (tertiary/aromatic N) is 2. The second-order valence-electron chi connectivity index (χ2n) is 4.87. The second-order valence-corrected chi connectivity index (χ2v) is 5.72. The summed E-state index contributed by atoms with van der Waals surface area (Å²) in [6, 6.07) is 9.01. The zero-order chi connectivity index (χ0) is 13.8. The molecule has 1 aromatic heterocycles. The molecule has 0 aliphatic carbocycles. The summed E-state index contributed by atoms with van der Waals surface area (Å²) < 4.78 is 3.00. The van der Waals surface area contributed by atoms with E-state index in [0.717, 1.165) is 17.3 Å². The molecule has 0 saturated carbocycles. The van der Waals surface area contributed by atoms with Gasteiger partial charge in [0.05, 0.1) is 22.4 Å². The van der Waals surface area contributed by atoms with E-state index in [9.17, 15) is 0 Å². The van der Waals surface area contributed by atoms with Crippen LogP contribution in [-0.4, -0.2) is 16.8 Å². The minimum atomic E-state index is 0.308. The van der Waals surface area contributed by atoms with E-state index in [0.29, 0.717) is 6.04 Å². The van der Waals surface area contributed by atoms with Crippen molar-refractivity contribution >= 4 is 15.9 Å². The maximum absolute atomic E-state index is 4.28. The lowest BCUT2D eigenvalue weighted by Gasteiger charge is -2.17. The first-order chi connectivity index (χ1) is 9.11. The third-order valence-electron chi connectivity index (χ3n) is 3.42. The number of rotatable bonds is 5. The summed E-state index contributed by atoms with van der Waals surface area (Å²) in [4.78, 5) is 0. The Bertz CT molecular complexity index is 529. The predicted octanol–water partition coefficient (Wildman–Crippen LogP) is 3.38. The van der Waals surface area contributed by atoms with Gasteiger partial charge in [-0.15, -0.1) is 0 Å². The molecule has 2 aromatic rings. The Morgan fingerprint density at radius 1 is 1.42 bits per heavy atom. The van der Waals surface area contributed by atoms with E-state index in [1.807, 2.05) is 25.0 Å². The Morgan fingerprint density at radius 2 is 2.21 bits per heavy atom. The van der Waals surface area contributed by atoms with Gasteiger partial charge in [0.1, 0.15) is 0 Å². The molecule has 0 aliphatic rings. The topological polar surface area (TPSA) is 29.9 Å². The highest BCUT2D eigenvalue weighted by molar-refractivity contribution is 9.10. The van der Waals surface area contributed by atoms with Gasteiger partial charge < -0.3 is 5.32 Å². The Balaban J connectivity index is 2.08. The van der Waals surface area contributed by atoms with Gasteiger partial charge in [-0.1, -0.05) is 29.8 Å². The summed E-state index contributed by atoms with van der Waals surface area (Å²) in [7, 11) is 3.98. The highest BCUT2D eigenvalue weighted by Crippen LogP contribution is 2.26. The van der Waals surface area contributed by atoms with Gasteiger partial charge in [-0.25, -0.2) is 0 Å². The fraction of sp³-hybridized carbons (Fsp3) is 0.400. The highest BCUT2D eigenvalue weighted by Gasteiger charge is 2.16. The van der Waals surface area contributed by atoms with Crippen molar-refractivity contribution in [3.63, 3.8) is 0 Å². The fourth-order valence-corrected chi connectivity index (χ4v) is 3.03. The fourth-order valence-electron chi connectivity index (χ4n) is 2.41. The molecule has 1 N–H and O–H groups in total. The largest absolute Gasteiger partial charge is 0.312 e. The molecule has 0 saturated heterocycles. The van der Waals surface area contributed by atoms with Crippen molar-refractivity contribution < 1.29 is 0 Å². The molecule has 1 atom stereocenters. The van der Waals surface area contributed by atoms with E-state index < -0.39 is 0 Å². The SMILES string of the molecule is CNC(CCc1cccc(C)c1)c1c(Br)cnn1C. The standard InChI is InChI=1S/C15H20BrN3/c1-11-5-4-6-12(9-11)7-8-14(17-2)15-13(16)10-18-19(15)3/h4-6,9-10,14,17H,7-8H2,1-3H3. The molecule has 1 heterocycles. The molecule has 0 spiro atoms. The Hall–Kier alpha value is -1.13. The molecular weight excluding hydrogens is 302 g/mol. The minimum Gasteiger partial charge on any atom is -0.312 e. The van der Waals surface area contributed by atoms with Crippen molar-refractivity contribution in [2.24, 2.45) is 7.05 Å². The van der Waals surface area contributed by atoms with Crippen molar-refractivity contribution in [1.29, 1.82) is 0 Å². The first-order valence-electron chi connectivity index (χ1n) is 6.52. The van der Waals surface area contributed by atoms with E-state index in [1.165, 1.54) is 16.8 Å². The lowest BCUT2D eigenvalue weighted by molar-refractivity contribution is 0.504. The zero-order valence-electron chi connectivity index (χ0n) is 11.7. The van der Waals surface area contributed by atoms with Crippen LogP contribution < -0.4 is 5.32 Å². The van der Waals surface area contributed by atoms with Crippen LogP contribution in [0.25, 0.3) is 0 Å². The minimum absolute atomic E-state index is 0.308. The van der Waals surface area contributed by atoms with Crippen LogP contribution in [0.4, 0.5) is 0 Å². The van der Waals surface area contributed by atoms with E-state index in [-0.39, 0.29) is 0 Å². The highest BCUT2D eigenvalue weighted by atomic mass is 79.9. The summed E-state index contributed by atoms with van der Waals surface area (Å²) >= 11 is 3.57. The summed E-state index contributed by atoms with van der Waals surface area (Å²) in [5.74, 6) is 0. The van der Waals surface area contributed by atoms with Crippen LogP contribution in [0, 0.1) is 6.92 Å². The van der Waals surface area contributed by atoms with Crippen LogP contribution in [0.5, 0.6) is 0 Å². The average Bonchev–Trinajstić information content (AvgIpc) is 2.71. The van der Waals surface area contributed by atoms with E-state index in [1.54, 1.807) is 0 Å². The smallest absolute Gasteiger partial charge is 0.0692 e. The van der Waals surface area contributed by atoms with Crippen LogP contribution in [0.3, 0.4) is 0 Å². The van der Waals surface area contributed by atoms with Gasteiger partial charge in [0.2, 0.25) is 0 Å². The molecule has 3 nitrogen and oxygen atoms in total. The van der Waals surface area contributed by atoms with Gasteiger partial charge >= 0.3 is 0 Å². The van der Waals surface area contributed by atoms with Crippen molar-refractivity contribution in [3.8, 4) is 0 Å². The Morgan fingerprint density at radius 3 is 2.79 bits per heavy atom. The number of nitrogens with one attached hydrogen (secondary N) is 1. The number of hydrogen-bond donors (Lipinski definition) is 1. The molecule has 4 heteroatoms. The predicted molar refractivity (Wildman–Crippen MR) is 82.2 cm³/mol. The molecule has 2 rings (SSSR count). The molecular formula is C15H20BrN3. The molecule has 0 amide bonds. The van der Waals surface area contributed by atoms with Crippen molar-refractivity contribution in [2.45, 2.75) is 25.8 Å². The van der Waals surface area contributed by atoms with Crippen molar-refractivity contribution in [3.05, 3.63) is 51.8 Å². The van der Waals surface area contributed by atoms with E-state index in [4.69, 9.17) is 0 Å². The van der Waals surface area contributed by atoms with Crippen molar-refractivity contribution in [2.75, 3.05) is 7.05 Å². The summed E-state index contributed by atoms with van der Waals surface area (Å²) in [6.07, 6.45) is 3.97. The summed E-state index contributed by atoms with van der Waals surface area (Å²) in [5.41, 5.74) is 3.91. The zero-order valence-corrected chi connectivity index (χ0v) is 13.2. The molecule has 102 valence electrons. The number of halogens is 1. The monoisotopic (exact) mass is 321 g/mol. The lowest BCUT2D eigenvalue weighted by Crippen LogP contribution is -2.20. The molecule has 1 aromatic carbocycles. The lowest BCUT2D eigenvalue weighted by atomic mass is 10.0. The van der Waals surface area contributed by atoms with Gasteiger partial charge in [-0.3, -0.25) is 4.68 Å².